The Labute approximate surface area is 70.2 Å². The summed E-state index contributed by atoms with van der Waals surface area (Å²) in [5.41, 5.74) is 4.47. The summed E-state index contributed by atoms with van der Waals surface area (Å²) in [5.74, 6) is -0.345. The first kappa shape index (κ1) is 10.3. The first-order chi connectivity index (χ1) is 5.54. The molecule has 2 N–H and O–H groups in total. The lowest BCUT2D eigenvalue weighted by atomic mass is 10.7. The van der Waals surface area contributed by atoms with E-state index < -0.39 is 0 Å². The highest BCUT2D eigenvalue weighted by molar-refractivity contribution is 5.75. The third-order valence-corrected chi connectivity index (χ3v) is 0.868. The molecule has 66 valence electrons. The van der Waals surface area contributed by atoms with Crippen LogP contribution in [0.4, 0.5) is 0 Å². The summed E-state index contributed by atoms with van der Waals surface area (Å²) < 4.78 is 1.42. The molecule has 1 rings (SSSR count). The van der Waals surface area contributed by atoms with Crippen LogP contribution in [0.25, 0.3) is 0 Å². The zero-order chi connectivity index (χ0) is 9.56. The summed E-state index contributed by atoms with van der Waals surface area (Å²) in [6.45, 7) is 2.79. The monoisotopic (exact) mass is 169 g/mol. The van der Waals surface area contributed by atoms with Gasteiger partial charge in [0.2, 0.25) is 11.8 Å². The maximum absolute atomic E-state index is 10.4. The smallest absolute Gasteiger partial charge is 0.228 e. The standard InChI is InChI=1S/C5H6N2O.C2H5NO/c1-5(8)7-3-2-6-4-7;1-2(3)4/h2-4H,1H3;1H3,(H2,3,4). The molecule has 0 saturated carbocycles. The molecule has 1 amide bonds. The van der Waals surface area contributed by atoms with Crippen molar-refractivity contribution >= 4 is 11.8 Å². The summed E-state index contributed by atoms with van der Waals surface area (Å²) in [7, 11) is 0. The number of aromatic nitrogens is 2. The van der Waals surface area contributed by atoms with Crippen LogP contribution in [0.1, 0.15) is 18.6 Å². The number of amides is 1. The van der Waals surface area contributed by atoms with Crippen LogP contribution >= 0.6 is 0 Å². The second-order valence-electron chi connectivity index (χ2n) is 2.10. The van der Waals surface area contributed by atoms with Crippen LogP contribution in [-0.4, -0.2) is 21.4 Å². The SMILES string of the molecule is CC(=O)n1ccnc1.CC(N)=O. The summed E-state index contributed by atoms with van der Waals surface area (Å²) in [4.78, 5) is 23.3. The van der Waals surface area contributed by atoms with E-state index in [0.717, 1.165) is 0 Å². The molecule has 0 aliphatic heterocycles. The summed E-state index contributed by atoms with van der Waals surface area (Å²) in [6.07, 6.45) is 4.66. The van der Waals surface area contributed by atoms with Crippen molar-refractivity contribution in [3.8, 4) is 0 Å². The molecular formula is C7H11N3O2. The van der Waals surface area contributed by atoms with E-state index >= 15 is 0 Å². The van der Waals surface area contributed by atoms with Crippen molar-refractivity contribution < 1.29 is 9.59 Å². The molecule has 0 radical (unpaired) electrons. The molecule has 12 heavy (non-hydrogen) atoms. The van der Waals surface area contributed by atoms with Crippen molar-refractivity contribution in [2.24, 2.45) is 5.73 Å². The fourth-order valence-electron chi connectivity index (χ4n) is 0.445. The minimum atomic E-state index is -0.333. The minimum absolute atomic E-state index is 0.0116. The van der Waals surface area contributed by atoms with Crippen molar-refractivity contribution in [2.75, 3.05) is 0 Å². The lowest BCUT2D eigenvalue weighted by Gasteiger charge is -1.87. The average molecular weight is 169 g/mol. The van der Waals surface area contributed by atoms with E-state index in [1.807, 2.05) is 0 Å². The Morgan fingerprint density at radius 3 is 2.08 bits per heavy atom. The van der Waals surface area contributed by atoms with E-state index in [1.165, 1.54) is 24.7 Å². The number of nitrogens with two attached hydrogens (primary N) is 1. The quantitative estimate of drug-likeness (QED) is 0.595. The number of carbonyl (C=O) groups excluding carboxylic acids is 2. The molecule has 0 aliphatic carbocycles. The van der Waals surface area contributed by atoms with Gasteiger partial charge in [-0.3, -0.25) is 14.2 Å². The predicted octanol–water partition coefficient (Wildman–Crippen LogP) is 0.0348. The Bertz CT molecular complexity index is 250. The second kappa shape index (κ2) is 5.06. The Kier molecular flexibility index (Phi) is 4.36. The topological polar surface area (TPSA) is 78.0 Å². The van der Waals surface area contributed by atoms with E-state index in [4.69, 9.17) is 0 Å². The fourth-order valence-corrected chi connectivity index (χ4v) is 0.445. The second-order valence-corrected chi connectivity index (χ2v) is 2.10. The van der Waals surface area contributed by atoms with E-state index in [9.17, 15) is 9.59 Å². The van der Waals surface area contributed by atoms with E-state index in [-0.39, 0.29) is 11.8 Å². The average Bonchev–Trinajstić information content (AvgIpc) is 2.34. The van der Waals surface area contributed by atoms with Crippen molar-refractivity contribution in [3.63, 3.8) is 0 Å². The van der Waals surface area contributed by atoms with Crippen LogP contribution in [0.2, 0.25) is 0 Å². The lowest BCUT2D eigenvalue weighted by Crippen LogP contribution is -2.01. The lowest BCUT2D eigenvalue weighted by molar-refractivity contribution is -0.115. The molecule has 0 aliphatic rings. The van der Waals surface area contributed by atoms with Gasteiger partial charge in [-0.05, 0) is 0 Å². The number of hydrogen-bond donors (Lipinski definition) is 1. The third-order valence-electron chi connectivity index (χ3n) is 0.868. The van der Waals surface area contributed by atoms with Crippen molar-refractivity contribution in [1.29, 1.82) is 0 Å². The third kappa shape index (κ3) is 5.16. The molecule has 0 spiro atoms. The summed E-state index contributed by atoms with van der Waals surface area (Å²) >= 11 is 0. The zero-order valence-corrected chi connectivity index (χ0v) is 7.02. The maximum Gasteiger partial charge on any atom is 0.228 e. The largest absolute Gasteiger partial charge is 0.370 e. The highest BCUT2D eigenvalue weighted by atomic mass is 16.2. The number of primary amides is 1. The van der Waals surface area contributed by atoms with Crippen LogP contribution in [0, 0.1) is 0 Å². The van der Waals surface area contributed by atoms with Gasteiger partial charge in [0.1, 0.15) is 6.33 Å². The van der Waals surface area contributed by atoms with Gasteiger partial charge in [-0.1, -0.05) is 0 Å². The number of hydrogen-bond acceptors (Lipinski definition) is 3. The normalized spacial score (nSPS) is 8.17. The van der Waals surface area contributed by atoms with Gasteiger partial charge in [0, 0.05) is 26.2 Å². The van der Waals surface area contributed by atoms with Gasteiger partial charge in [-0.2, -0.15) is 0 Å². The van der Waals surface area contributed by atoms with Gasteiger partial charge in [0.25, 0.3) is 0 Å². The molecule has 1 aromatic rings. The van der Waals surface area contributed by atoms with Gasteiger partial charge >= 0.3 is 0 Å². The van der Waals surface area contributed by atoms with Gasteiger partial charge in [-0.25, -0.2) is 4.98 Å². The molecular weight excluding hydrogens is 158 g/mol. The molecule has 0 aromatic carbocycles. The van der Waals surface area contributed by atoms with Gasteiger partial charge in [0.15, 0.2) is 0 Å². The van der Waals surface area contributed by atoms with Gasteiger partial charge in [0.05, 0.1) is 0 Å². The van der Waals surface area contributed by atoms with Crippen molar-refractivity contribution in [3.05, 3.63) is 18.7 Å². The number of imidazole rings is 1. The number of nitrogens with zero attached hydrogens (tertiary/aromatic N) is 2. The van der Waals surface area contributed by atoms with E-state index in [0.29, 0.717) is 0 Å². The van der Waals surface area contributed by atoms with E-state index in [1.54, 1.807) is 12.4 Å². The molecule has 5 nitrogen and oxygen atoms in total. The molecule has 0 fully saturated rings. The molecule has 0 unspecified atom stereocenters. The molecule has 1 aromatic heterocycles. The number of rotatable bonds is 0. The number of carbonyl (C=O) groups is 2. The van der Waals surface area contributed by atoms with Crippen LogP contribution in [0.3, 0.4) is 0 Å². The molecule has 1 heterocycles. The van der Waals surface area contributed by atoms with Gasteiger partial charge in [-0.15, -0.1) is 0 Å². The van der Waals surface area contributed by atoms with Crippen molar-refractivity contribution in [1.82, 2.24) is 9.55 Å². The fraction of sp³-hybridized carbons (Fsp3) is 0.286. The minimum Gasteiger partial charge on any atom is -0.370 e. The first-order valence-electron chi connectivity index (χ1n) is 3.29. The maximum atomic E-state index is 10.4. The molecule has 0 saturated heterocycles. The summed E-state index contributed by atoms with van der Waals surface area (Å²) in [6, 6.07) is 0. The van der Waals surface area contributed by atoms with E-state index in [2.05, 4.69) is 10.7 Å². The predicted molar refractivity (Wildman–Crippen MR) is 43.4 cm³/mol. The summed E-state index contributed by atoms with van der Waals surface area (Å²) in [5, 5.41) is 0. The van der Waals surface area contributed by atoms with Crippen LogP contribution in [0.5, 0.6) is 0 Å². The highest BCUT2D eigenvalue weighted by Crippen LogP contribution is 1.82. The zero-order valence-electron chi connectivity index (χ0n) is 7.02. The Hall–Kier alpha value is -1.65. The van der Waals surface area contributed by atoms with Crippen molar-refractivity contribution in [2.45, 2.75) is 13.8 Å². The Morgan fingerprint density at radius 1 is 1.42 bits per heavy atom. The first-order valence-corrected chi connectivity index (χ1v) is 3.29. The molecule has 0 bridgehead atoms. The molecule has 0 atom stereocenters. The molecule has 5 heteroatoms. The highest BCUT2D eigenvalue weighted by Gasteiger charge is 1.90. The van der Waals surface area contributed by atoms with Crippen LogP contribution < -0.4 is 5.73 Å². The van der Waals surface area contributed by atoms with Gasteiger partial charge < -0.3 is 5.73 Å². The van der Waals surface area contributed by atoms with Crippen LogP contribution in [0.15, 0.2) is 18.7 Å². The Morgan fingerprint density at radius 2 is 1.92 bits per heavy atom. The van der Waals surface area contributed by atoms with Crippen LogP contribution in [-0.2, 0) is 4.79 Å². The Balaban J connectivity index is 0.000000261.